The van der Waals surface area contributed by atoms with Crippen molar-refractivity contribution < 1.29 is 19.4 Å². The molecular weight excluding hydrogens is 320 g/mol. The van der Waals surface area contributed by atoms with E-state index in [-0.39, 0.29) is 18.6 Å². The number of ether oxygens (including phenoxy) is 2. The maximum atomic E-state index is 12.4. The second kappa shape index (κ2) is 8.27. The van der Waals surface area contributed by atoms with Crippen molar-refractivity contribution in [3.05, 3.63) is 35.9 Å². The Kier molecular flexibility index (Phi) is 6.06. The Labute approximate surface area is 149 Å². The van der Waals surface area contributed by atoms with E-state index in [1.165, 1.54) is 0 Å². The normalized spacial score (nSPS) is 28.1. The Morgan fingerprint density at radius 1 is 1.28 bits per heavy atom. The zero-order valence-corrected chi connectivity index (χ0v) is 14.9. The van der Waals surface area contributed by atoms with Crippen LogP contribution in [0.3, 0.4) is 0 Å². The summed E-state index contributed by atoms with van der Waals surface area (Å²) in [5.41, 5.74) is -0.0375. The molecule has 138 valence electrons. The second-order valence-electron chi connectivity index (χ2n) is 6.68. The maximum Gasteiger partial charge on any atom is 0.248 e. The van der Waals surface area contributed by atoms with E-state index >= 15 is 0 Å². The van der Waals surface area contributed by atoms with Gasteiger partial charge in [0, 0.05) is 32.8 Å². The summed E-state index contributed by atoms with van der Waals surface area (Å²) in [6.07, 6.45) is 0.525. The van der Waals surface area contributed by atoms with Gasteiger partial charge >= 0.3 is 0 Å². The first-order valence-corrected chi connectivity index (χ1v) is 9.10. The maximum absolute atomic E-state index is 12.4. The highest BCUT2D eigenvalue weighted by Crippen LogP contribution is 2.36. The minimum absolute atomic E-state index is 0.00442. The Morgan fingerprint density at radius 3 is 2.68 bits per heavy atom. The lowest BCUT2D eigenvalue weighted by molar-refractivity contribution is -0.151. The molecule has 6 heteroatoms. The molecule has 2 heterocycles. The number of morpholine rings is 1. The number of carbonyl (C=O) groups is 1. The first-order valence-electron chi connectivity index (χ1n) is 9.10. The lowest BCUT2D eigenvalue weighted by Crippen LogP contribution is -2.63. The van der Waals surface area contributed by atoms with E-state index in [0.29, 0.717) is 39.3 Å². The highest BCUT2D eigenvalue weighted by Gasteiger charge is 2.46. The van der Waals surface area contributed by atoms with E-state index in [4.69, 9.17) is 9.47 Å². The van der Waals surface area contributed by atoms with Crippen LogP contribution in [0, 0.1) is 0 Å². The van der Waals surface area contributed by atoms with Crippen molar-refractivity contribution in [3.63, 3.8) is 0 Å². The zero-order chi connectivity index (χ0) is 17.7. The predicted octanol–water partition coefficient (Wildman–Crippen LogP) is 0.844. The van der Waals surface area contributed by atoms with E-state index in [2.05, 4.69) is 4.90 Å². The Morgan fingerprint density at radius 2 is 2.00 bits per heavy atom. The van der Waals surface area contributed by atoms with E-state index in [0.717, 1.165) is 18.7 Å². The number of carbonyl (C=O) groups excluding carboxylic acids is 1. The highest BCUT2D eigenvalue weighted by molar-refractivity contribution is 5.77. The first kappa shape index (κ1) is 18.3. The third kappa shape index (κ3) is 4.03. The number of rotatable bonds is 5. The lowest BCUT2D eigenvalue weighted by Gasteiger charge is -2.50. The zero-order valence-electron chi connectivity index (χ0n) is 14.9. The van der Waals surface area contributed by atoms with Crippen LogP contribution >= 0.6 is 0 Å². The van der Waals surface area contributed by atoms with Gasteiger partial charge < -0.3 is 19.5 Å². The van der Waals surface area contributed by atoms with Crippen LogP contribution in [-0.4, -0.2) is 79.5 Å². The van der Waals surface area contributed by atoms with Crippen molar-refractivity contribution in [1.82, 2.24) is 9.80 Å². The minimum atomic E-state index is -0.957. The number of likely N-dealkylation sites (tertiary alicyclic amines) is 1. The molecular formula is C19H28N2O4. The minimum Gasteiger partial charge on any atom is -0.383 e. The van der Waals surface area contributed by atoms with Crippen molar-refractivity contribution in [3.8, 4) is 0 Å². The fourth-order valence-corrected chi connectivity index (χ4v) is 3.80. The van der Waals surface area contributed by atoms with Crippen molar-refractivity contribution in [2.24, 2.45) is 0 Å². The van der Waals surface area contributed by atoms with Gasteiger partial charge in [-0.1, -0.05) is 30.3 Å². The topological polar surface area (TPSA) is 62.2 Å². The van der Waals surface area contributed by atoms with Gasteiger partial charge in [-0.05, 0) is 18.9 Å². The molecule has 2 saturated heterocycles. The van der Waals surface area contributed by atoms with Crippen LogP contribution in [0.4, 0.5) is 0 Å². The summed E-state index contributed by atoms with van der Waals surface area (Å²) in [6.45, 7) is 6.43. The van der Waals surface area contributed by atoms with Crippen molar-refractivity contribution >= 4 is 5.91 Å². The number of amides is 1. The van der Waals surface area contributed by atoms with Gasteiger partial charge in [-0.2, -0.15) is 0 Å². The van der Waals surface area contributed by atoms with Crippen molar-refractivity contribution in [2.45, 2.75) is 25.0 Å². The molecule has 1 N–H and O–H groups in total. The number of aliphatic hydroxyl groups is 1. The highest BCUT2D eigenvalue weighted by atomic mass is 16.5. The number of piperidine rings is 1. The average molecular weight is 348 g/mol. The molecule has 3 rings (SSSR count). The van der Waals surface area contributed by atoms with Gasteiger partial charge in [-0.25, -0.2) is 0 Å². The molecule has 1 aromatic rings. The number of nitrogens with zero attached hydrogens (tertiary/aromatic N) is 2. The molecule has 0 unspecified atom stereocenters. The molecule has 0 saturated carbocycles. The van der Waals surface area contributed by atoms with Crippen LogP contribution in [0.15, 0.2) is 30.3 Å². The summed E-state index contributed by atoms with van der Waals surface area (Å²) in [5, 5.41) is 11.6. The number of hydrogen-bond acceptors (Lipinski definition) is 5. The SMILES string of the molecule is CCOCC(=O)N1CC[C@](O)(c2ccccc2)[C@H](N2CCOCC2)C1. The van der Waals surface area contributed by atoms with Crippen LogP contribution in [0.1, 0.15) is 18.9 Å². The molecule has 1 aromatic carbocycles. The Bertz CT molecular complexity index is 562. The fourth-order valence-electron chi connectivity index (χ4n) is 3.80. The molecule has 2 fully saturated rings. The predicted molar refractivity (Wildman–Crippen MR) is 94.2 cm³/mol. The molecule has 0 spiro atoms. The van der Waals surface area contributed by atoms with Gasteiger partial charge in [0.05, 0.1) is 19.3 Å². The Hall–Kier alpha value is -1.47. The molecule has 2 atom stereocenters. The molecule has 0 aliphatic carbocycles. The van der Waals surface area contributed by atoms with Gasteiger partial charge in [0.1, 0.15) is 12.2 Å². The molecule has 6 nitrogen and oxygen atoms in total. The molecule has 25 heavy (non-hydrogen) atoms. The van der Waals surface area contributed by atoms with Crippen LogP contribution in [0.25, 0.3) is 0 Å². The molecule has 1 amide bonds. The van der Waals surface area contributed by atoms with Crippen LogP contribution in [0.2, 0.25) is 0 Å². The number of benzene rings is 1. The molecule has 0 aromatic heterocycles. The summed E-state index contributed by atoms with van der Waals surface area (Å²) in [5.74, 6) is -0.00442. The third-order valence-electron chi connectivity index (χ3n) is 5.25. The summed E-state index contributed by atoms with van der Waals surface area (Å²) in [7, 11) is 0. The van der Waals surface area contributed by atoms with Gasteiger partial charge in [-0.3, -0.25) is 9.69 Å². The van der Waals surface area contributed by atoms with Gasteiger partial charge in [0.25, 0.3) is 0 Å². The summed E-state index contributed by atoms with van der Waals surface area (Å²) in [6, 6.07) is 9.68. The largest absolute Gasteiger partial charge is 0.383 e. The van der Waals surface area contributed by atoms with E-state index in [1.54, 1.807) is 0 Å². The smallest absolute Gasteiger partial charge is 0.248 e. The number of hydrogen-bond donors (Lipinski definition) is 1. The van der Waals surface area contributed by atoms with Crippen LogP contribution < -0.4 is 0 Å². The average Bonchev–Trinajstić information content (AvgIpc) is 2.68. The quantitative estimate of drug-likeness (QED) is 0.855. The monoisotopic (exact) mass is 348 g/mol. The molecule has 2 aliphatic heterocycles. The lowest BCUT2D eigenvalue weighted by atomic mass is 9.79. The van der Waals surface area contributed by atoms with Crippen LogP contribution in [-0.2, 0) is 19.9 Å². The molecule has 0 bridgehead atoms. The second-order valence-corrected chi connectivity index (χ2v) is 6.68. The third-order valence-corrected chi connectivity index (χ3v) is 5.25. The standard InChI is InChI=1S/C19H28N2O4/c1-2-24-15-18(22)21-9-8-19(23,16-6-4-3-5-7-16)17(14-21)20-10-12-25-13-11-20/h3-7,17,23H,2,8-15H2,1H3/t17-,19+/m1/s1. The van der Waals surface area contributed by atoms with Crippen molar-refractivity contribution in [2.75, 3.05) is 52.6 Å². The van der Waals surface area contributed by atoms with Gasteiger partial charge in [-0.15, -0.1) is 0 Å². The van der Waals surface area contributed by atoms with E-state index in [1.807, 2.05) is 42.2 Å². The summed E-state index contributed by atoms with van der Waals surface area (Å²) in [4.78, 5) is 16.5. The van der Waals surface area contributed by atoms with Gasteiger partial charge in [0.2, 0.25) is 5.91 Å². The Balaban J connectivity index is 1.82. The van der Waals surface area contributed by atoms with Crippen LogP contribution in [0.5, 0.6) is 0 Å². The van der Waals surface area contributed by atoms with Crippen molar-refractivity contribution in [1.29, 1.82) is 0 Å². The fraction of sp³-hybridized carbons (Fsp3) is 0.632. The molecule has 0 radical (unpaired) electrons. The summed E-state index contributed by atoms with van der Waals surface area (Å²) >= 11 is 0. The first-order chi connectivity index (χ1) is 12.1. The van der Waals surface area contributed by atoms with E-state index in [9.17, 15) is 9.90 Å². The van der Waals surface area contributed by atoms with E-state index < -0.39 is 5.60 Å². The summed E-state index contributed by atoms with van der Waals surface area (Å²) < 4.78 is 10.7. The van der Waals surface area contributed by atoms with Gasteiger partial charge in [0.15, 0.2) is 0 Å². The molecule has 2 aliphatic rings.